The fourth-order valence-corrected chi connectivity index (χ4v) is 3.54. The Morgan fingerprint density at radius 2 is 2.30 bits per heavy atom. The molecule has 20 heavy (non-hydrogen) atoms. The van der Waals surface area contributed by atoms with Crippen molar-refractivity contribution in [2.75, 3.05) is 5.01 Å². The summed E-state index contributed by atoms with van der Waals surface area (Å²) in [5.41, 5.74) is 5.93. The van der Waals surface area contributed by atoms with Crippen molar-refractivity contribution < 1.29 is 9.53 Å². The molecule has 4 heterocycles. The molecule has 7 nitrogen and oxygen atoms in total. The maximum Gasteiger partial charge on any atom is 0.265 e. The lowest BCUT2D eigenvalue weighted by atomic mass is 9.86. The predicted molar refractivity (Wildman–Crippen MR) is 70.9 cm³/mol. The number of carbonyl (C=O) groups is 1. The van der Waals surface area contributed by atoms with E-state index in [4.69, 9.17) is 10.5 Å². The number of nitrogens with two attached hydrogens (primary N) is 1. The van der Waals surface area contributed by atoms with Crippen LogP contribution in [0.4, 0.5) is 5.82 Å². The summed E-state index contributed by atoms with van der Waals surface area (Å²) in [6.07, 6.45) is 8.02. The molecular formula is C13H15N5O2. The Balaban J connectivity index is 1.76. The van der Waals surface area contributed by atoms with E-state index in [0.717, 1.165) is 19.3 Å². The molecule has 7 heteroatoms. The van der Waals surface area contributed by atoms with Gasteiger partial charge in [-0.2, -0.15) is 5.10 Å². The molecule has 1 aromatic rings. The van der Waals surface area contributed by atoms with Crippen molar-refractivity contribution in [1.82, 2.24) is 9.97 Å². The molecule has 2 N–H and O–H groups in total. The Morgan fingerprint density at radius 3 is 3.05 bits per heavy atom. The van der Waals surface area contributed by atoms with E-state index in [2.05, 4.69) is 15.1 Å². The van der Waals surface area contributed by atoms with Gasteiger partial charge >= 0.3 is 0 Å². The quantitative estimate of drug-likeness (QED) is 0.823. The van der Waals surface area contributed by atoms with E-state index in [1.54, 1.807) is 23.6 Å². The van der Waals surface area contributed by atoms with Gasteiger partial charge < -0.3 is 10.5 Å². The highest BCUT2D eigenvalue weighted by atomic mass is 16.5. The number of anilines is 1. The van der Waals surface area contributed by atoms with Gasteiger partial charge in [-0.1, -0.05) is 0 Å². The van der Waals surface area contributed by atoms with E-state index in [-0.39, 0.29) is 24.2 Å². The predicted octanol–water partition coefficient (Wildman–Crippen LogP) is 0.0740. The monoisotopic (exact) mass is 273 g/mol. The summed E-state index contributed by atoms with van der Waals surface area (Å²) in [6.45, 7) is 0. The molecule has 3 aliphatic rings. The van der Waals surface area contributed by atoms with Crippen LogP contribution in [-0.2, 0) is 9.53 Å². The smallest absolute Gasteiger partial charge is 0.265 e. The SMILES string of the molecule is NC(=O)C1=NN(c2cnccn2)C2C3CCC(CC12)O3. The normalized spacial score (nSPS) is 34.8. The summed E-state index contributed by atoms with van der Waals surface area (Å²) >= 11 is 0. The Labute approximate surface area is 115 Å². The zero-order chi connectivity index (χ0) is 13.7. The topological polar surface area (TPSA) is 93.7 Å². The van der Waals surface area contributed by atoms with Crippen molar-refractivity contribution in [3.8, 4) is 0 Å². The maximum atomic E-state index is 11.7. The van der Waals surface area contributed by atoms with Crippen molar-refractivity contribution in [2.45, 2.75) is 37.5 Å². The van der Waals surface area contributed by atoms with E-state index >= 15 is 0 Å². The molecule has 1 aromatic heterocycles. The highest BCUT2D eigenvalue weighted by molar-refractivity contribution is 6.40. The molecule has 4 unspecified atom stereocenters. The Kier molecular flexibility index (Phi) is 2.50. The van der Waals surface area contributed by atoms with E-state index in [0.29, 0.717) is 11.5 Å². The number of aromatic nitrogens is 2. The molecule has 4 rings (SSSR count). The molecular weight excluding hydrogens is 258 g/mol. The number of carbonyl (C=O) groups excluding carboxylic acids is 1. The van der Waals surface area contributed by atoms with Crippen molar-refractivity contribution in [3.05, 3.63) is 18.6 Å². The molecule has 2 bridgehead atoms. The Morgan fingerprint density at radius 1 is 1.40 bits per heavy atom. The van der Waals surface area contributed by atoms with Gasteiger partial charge in [0, 0.05) is 18.3 Å². The minimum atomic E-state index is -0.451. The second kappa shape index (κ2) is 4.24. The molecule has 104 valence electrons. The Hall–Kier alpha value is -2.02. The van der Waals surface area contributed by atoms with Crippen LogP contribution in [0.5, 0.6) is 0 Å². The summed E-state index contributed by atoms with van der Waals surface area (Å²) < 4.78 is 5.98. The van der Waals surface area contributed by atoms with E-state index in [9.17, 15) is 4.79 Å². The van der Waals surface area contributed by atoms with Crippen molar-refractivity contribution in [2.24, 2.45) is 16.8 Å². The van der Waals surface area contributed by atoms with Gasteiger partial charge in [0.15, 0.2) is 5.82 Å². The van der Waals surface area contributed by atoms with Crippen LogP contribution < -0.4 is 10.7 Å². The van der Waals surface area contributed by atoms with Crippen LogP contribution in [0, 0.1) is 5.92 Å². The van der Waals surface area contributed by atoms with Crippen molar-refractivity contribution in [1.29, 1.82) is 0 Å². The number of hydrazone groups is 1. The first-order chi connectivity index (χ1) is 9.74. The lowest BCUT2D eigenvalue weighted by Gasteiger charge is -2.35. The maximum absolute atomic E-state index is 11.7. The van der Waals surface area contributed by atoms with Crippen LogP contribution in [-0.4, -0.2) is 39.8 Å². The number of amides is 1. The minimum absolute atomic E-state index is 0.00736. The van der Waals surface area contributed by atoms with Crippen LogP contribution in [0.3, 0.4) is 0 Å². The van der Waals surface area contributed by atoms with Crippen molar-refractivity contribution >= 4 is 17.4 Å². The van der Waals surface area contributed by atoms with Gasteiger partial charge in [0.25, 0.3) is 5.91 Å². The second-order valence-corrected chi connectivity index (χ2v) is 5.46. The van der Waals surface area contributed by atoms with Gasteiger partial charge in [-0.15, -0.1) is 0 Å². The van der Waals surface area contributed by atoms with Gasteiger partial charge in [0.2, 0.25) is 0 Å². The molecule has 3 aliphatic heterocycles. The standard InChI is InChI=1S/C13H15N5O2/c14-13(19)11-8-5-7-1-2-9(20-7)12(8)18(17-11)10-6-15-3-4-16-10/h3-4,6-9,12H,1-2,5H2,(H2,14,19). The molecule has 4 atom stereocenters. The summed E-state index contributed by atoms with van der Waals surface area (Å²) in [4.78, 5) is 20.0. The fourth-order valence-electron chi connectivity index (χ4n) is 3.54. The third-order valence-electron chi connectivity index (χ3n) is 4.34. The summed E-state index contributed by atoms with van der Waals surface area (Å²) in [7, 11) is 0. The van der Waals surface area contributed by atoms with Gasteiger partial charge in [-0.05, 0) is 19.3 Å². The molecule has 0 radical (unpaired) electrons. The third kappa shape index (κ3) is 1.62. The van der Waals surface area contributed by atoms with Gasteiger partial charge in [-0.3, -0.25) is 9.78 Å². The van der Waals surface area contributed by atoms with Crippen molar-refractivity contribution in [3.63, 3.8) is 0 Å². The first-order valence-electron chi connectivity index (χ1n) is 6.83. The number of primary amides is 1. The summed E-state index contributed by atoms with van der Waals surface area (Å²) in [5, 5.41) is 6.18. The van der Waals surface area contributed by atoms with Crippen LogP contribution in [0.25, 0.3) is 0 Å². The zero-order valence-corrected chi connectivity index (χ0v) is 10.8. The summed E-state index contributed by atoms with van der Waals surface area (Å²) in [6, 6.07) is 0.00736. The lowest BCUT2D eigenvalue weighted by molar-refractivity contribution is -0.112. The average molecular weight is 273 g/mol. The third-order valence-corrected chi connectivity index (χ3v) is 4.34. The number of rotatable bonds is 2. The zero-order valence-electron chi connectivity index (χ0n) is 10.8. The van der Waals surface area contributed by atoms with Gasteiger partial charge in [-0.25, -0.2) is 9.99 Å². The van der Waals surface area contributed by atoms with Crippen LogP contribution in [0.15, 0.2) is 23.7 Å². The fraction of sp³-hybridized carbons (Fsp3) is 0.538. The van der Waals surface area contributed by atoms with Gasteiger partial charge in [0.1, 0.15) is 5.71 Å². The molecule has 1 amide bonds. The molecule has 2 fully saturated rings. The second-order valence-electron chi connectivity index (χ2n) is 5.46. The highest BCUT2D eigenvalue weighted by Gasteiger charge is 2.52. The highest BCUT2D eigenvalue weighted by Crippen LogP contribution is 2.43. The first-order valence-corrected chi connectivity index (χ1v) is 6.83. The Bertz CT molecular complexity index is 575. The minimum Gasteiger partial charge on any atom is -0.373 e. The summed E-state index contributed by atoms with van der Waals surface area (Å²) in [5.74, 6) is 0.223. The molecule has 0 spiro atoms. The van der Waals surface area contributed by atoms with Crippen LogP contribution in [0.1, 0.15) is 19.3 Å². The van der Waals surface area contributed by atoms with Crippen LogP contribution in [0.2, 0.25) is 0 Å². The van der Waals surface area contributed by atoms with E-state index in [1.165, 1.54) is 0 Å². The number of fused-ring (bicyclic) bond motifs is 4. The van der Waals surface area contributed by atoms with Gasteiger partial charge in [0.05, 0.1) is 24.4 Å². The number of ether oxygens (including phenoxy) is 1. The number of hydrogen-bond donors (Lipinski definition) is 1. The molecule has 2 saturated heterocycles. The molecule has 0 aromatic carbocycles. The lowest BCUT2D eigenvalue weighted by Crippen LogP contribution is -2.48. The average Bonchev–Trinajstić information content (AvgIpc) is 3.03. The van der Waals surface area contributed by atoms with Crippen LogP contribution >= 0.6 is 0 Å². The largest absolute Gasteiger partial charge is 0.373 e. The first kappa shape index (κ1) is 11.8. The molecule has 0 aliphatic carbocycles. The molecule has 0 saturated carbocycles. The number of nitrogens with zero attached hydrogens (tertiary/aromatic N) is 4. The van der Waals surface area contributed by atoms with E-state index < -0.39 is 5.91 Å². The number of hydrogen-bond acceptors (Lipinski definition) is 6. The van der Waals surface area contributed by atoms with E-state index in [1.807, 2.05) is 0 Å².